The number of hydrogen-bond acceptors (Lipinski definition) is 5. The second-order valence-electron chi connectivity index (χ2n) is 10.3. The van der Waals surface area contributed by atoms with Gasteiger partial charge in [-0.2, -0.15) is 0 Å². The van der Waals surface area contributed by atoms with Gasteiger partial charge in [-0.05, 0) is 76.9 Å². The average molecular weight is 496 g/mol. The molecule has 0 saturated carbocycles. The van der Waals surface area contributed by atoms with Crippen LogP contribution in [0.1, 0.15) is 63.5 Å². The highest BCUT2D eigenvalue weighted by atomic mass is 35.5. The highest BCUT2D eigenvalue weighted by Gasteiger charge is 2.41. The third-order valence-electron chi connectivity index (χ3n) is 6.34. The third kappa shape index (κ3) is 5.85. The number of carbonyl (C=O) groups excluding carboxylic acids is 1. The Morgan fingerprint density at radius 1 is 1.17 bits per heavy atom. The summed E-state index contributed by atoms with van der Waals surface area (Å²) < 4.78 is 6.17. The molecule has 4 atom stereocenters. The lowest BCUT2D eigenvalue weighted by molar-refractivity contribution is -0.122. The Morgan fingerprint density at radius 2 is 1.89 bits per heavy atom. The lowest BCUT2D eigenvalue weighted by Gasteiger charge is -2.30. The summed E-state index contributed by atoms with van der Waals surface area (Å²) in [6, 6.07) is 11.7. The number of rotatable bonds is 7. The van der Waals surface area contributed by atoms with Crippen molar-refractivity contribution in [2.24, 2.45) is 5.92 Å². The molecule has 0 radical (unpaired) electrons. The van der Waals surface area contributed by atoms with Gasteiger partial charge in [0.25, 0.3) is 0 Å². The number of nitrogens with one attached hydrogen (secondary N) is 3. The van der Waals surface area contributed by atoms with E-state index in [2.05, 4.69) is 40.5 Å². The van der Waals surface area contributed by atoms with Crippen LogP contribution in [0.2, 0.25) is 5.02 Å². The Kier molecular flexibility index (Phi) is 7.20. The van der Waals surface area contributed by atoms with Crippen LogP contribution in [0.3, 0.4) is 0 Å². The van der Waals surface area contributed by atoms with E-state index in [0.29, 0.717) is 23.2 Å². The summed E-state index contributed by atoms with van der Waals surface area (Å²) in [6.07, 6.45) is 1.60. The Balaban J connectivity index is 1.52. The second-order valence-corrected chi connectivity index (χ2v) is 10.7. The first kappa shape index (κ1) is 25.2. The first-order valence-electron chi connectivity index (χ1n) is 12.0. The van der Waals surface area contributed by atoms with E-state index < -0.39 is 0 Å². The fourth-order valence-corrected chi connectivity index (χ4v) is 4.82. The smallest absolute Gasteiger partial charge is 0.229 e. The molecule has 0 spiro atoms. The maximum Gasteiger partial charge on any atom is 0.229 e. The molecule has 35 heavy (non-hydrogen) atoms. The zero-order chi connectivity index (χ0) is 25.3. The lowest BCUT2D eigenvalue weighted by Crippen LogP contribution is -2.34. The molecule has 0 bridgehead atoms. The highest BCUT2D eigenvalue weighted by molar-refractivity contribution is 6.30. The summed E-state index contributed by atoms with van der Waals surface area (Å²) in [7, 11) is 0. The number of nitrogens with zero attached hydrogens (tertiary/aromatic N) is 2. The molecule has 1 amide bonds. The van der Waals surface area contributed by atoms with Crippen LogP contribution >= 0.6 is 11.6 Å². The molecule has 0 aliphatic carbocycles. The summed E-state index contributed by atoms with van der Waals surface area (Å²) in [5.41, 5.74) is 4.70. The van der Waals surface area contributed by atoms with Gasteiger partial charge in [0.15, 0.2) is 0 Å². The van der Waals surface area contributed by atoms with Crippen molar-refractivity contribution in [3.05, 3.63) is 64.6 Å². The van der Waals surface area contributed by atoms with Crippen molar-refractivity contribution in [1.82, 2.24) is 20.3 Å². The van der Waals surface area contributed by atoms with Gasteiger partial charge in [-0.25, -0.2) is 9.97 Å². The van der Waals surface area contributed by atoms with Crippen LogP contribution in [-0.4, -0.2) is 39.1 Å². The number of aryl methyl sites for hydroxylation is 1. The van der Waals surface area contributed by atoms with Crippen LogP contribution in [0.4, 0.5) is 5.95 Å². The number of H-pyrrole nitrogens is 1. The first-order chi connectivity index (χ1) is 16.5. The summed E-state index contributed by atoms with van der Waals surface area (Å²) in [4.78, 5) is 25.4. The maximum atomic E-state index is 12.7. The van der Waals surface area contributed by atoms with Crippen LogP contribution in [0.5, 0.6) is 0 Å². The predicted octanol–water partition coefficient (Wildman–Crippen LogP) is 5.64. The van der Waals surface area contributed by atoms with E-state index >= 15 is 0 Å². The topological polar surface area (TPSA) is 91.9 Å². The molecule has 4 rings (SSSR count). The molecule has 7 nitrogen and oxygen atoms in total. The molecular weight excluding hydrogens is 462 g/mol. The van der Waals surface area contributed by atoms with Gasteiger partial charge in [0, 0.05) is 35.1 Å². The minimum atomic E-state index is -0.379. The van der Waals surface area contributed by atoms with Crippen molar-refractivity contribution in [3.63, 3.8) is 0 Å². The molecule has 1 fully saturated rings. The molecule has 3 aromatic rings. The molecule has 2 aromatic heterocycles. The number of benzene rings is 1. The monoisotopic (exact) mass is 495 g/mol. The number of halogens is 1. The quantitative estimate of drug-likeness (QED) is 0.394. The van der Waals surface area contributed by atoms with Crippen molar-refractivity contribution in [1.29, 1.82) is 0 Å². The van der Waals surface area contributed by atoms with E-state index in [4.69, 9.17) is 21.3 Å². The van der Waals surface area contributed by atoms with Crippen LogP contribution in [0, 0.1) is 12.8 Å². The molecule has 1 saturated heterocycles. The average Bonchev–Trinajstić information content (AvgIpc) is 3.36. The van der Waals surface area contributed by atoms with Crippen LogP contribution in [-0.2, 0) is 9.53 Å². The summed E-state index contributed by atoms with van der Waals surface area (Å²) in [5, 5.41) is 7.08. The summed E-state index contributed by atoms with van der Waals surface area (Å²) >= 11 is 6.04. The maximum absolute atomic E-state index is 12.7. The number of aromatic nitrogens is 3. The number of amides is 1. The van der Waals surface area contributed by atoms with Gasteiger partial charge in [-0.1, -0.05) is 23.7 Å². The van der Waals surface area contributed by atoms with Crippen molar-refractivity contribution in [2.75, 3.05) is 11.9 Å². The Morgan fingerprint density at radius 3 is 2.57 bits per heavy atom. The van der Waals surface area contributed by atoms with Crippen molar-refractivity contribution in [2.45, 2.75) is 65.2 Å². The van der Waals surface area contributed by atoms with Crippen molar-refractivity contribution < 1.29 is 9.53 Å². The van der Waals surface area contributed by atoms with Crippen LogP contribution < -0.4 is 10.6 Å². The zero-order valence-electron chi connectivity index (χ0n) is 21.1. The van der Waals surface area contributed by atoms with Gasteiger partial charge in [0.2, 0.25) is 11.9 Å². The SMILES string of the molecule is Cc1cc(C(C)Nc2nccc(C3C(=O)NC[C@@H]3[C@@H](C)OC(C)(C)C)n2)[nH]c1-c1ccc(Cl)cc1. The van der Waals surface area contributed by atoms with Crippen LogP contribution in [0.15, 0.2) is 42.6 Å². The standard InChI is InChI=1S/C27H34ClN5O2/c1-15-13-22(32-24(15)18-7-9-19(28)10-8-18)16(2)31-26-29-12-11-21(33-26)23-20(14-30-25(23)34)17(3)35-27(4,5)6/h7-13,16-17,20,23,32H,14H2,1-6H3,(H,30,34)(H,29,31,33)/t16?,17-,20-,23?/m1/s1. The first-order valence-corrected chi connectivity index (χ1v) is 12.4. The Hall–Kier alpha value is -2.90. The normalized spacial score (nSPS) is 19.9. The largest absolute Gasteiger partial charge is 0.373 e. The summed E-state index contributed by atoms with van der Waals surface area (Å²) in [5.74, 6) is 0.0770. The van der Waals surface area contributed by atoms with Crippen LogP contribution in [0.25, 0.3) is 11.3 Å². The molecule has 1 aliphatic rings. The van der Waals surface area contributed by atoms with Gasteiger partial charge < -0.3 is 20.4 Å². The fraction of sp³-hybridized carbons (Fsp3) is 0.444. The van der Waals surface area contributed by atoms with Gasteiger partial charge in [-0.3, -0.25) is 4.79 Å². The minimum absolute atomic E-state index is 0.00473. The Labute approximate surface area is 212 Å². The van der Waals surface area contributed by atoms with Gasteiger partial charge in [0.05, 0.1) is 29.4 Å². The number of aromatic amines is 1. The highest BCUT2D eigenvalue weighted by Crippen LogP contribution is 2.34. The molecule has 2 unspecified atom stereocenters. The molecule has 186 valence electrons. The van der Waals surface area contributed by atoms with Crippen molar-refractivity contribution >= 4 is 23.5 Å². The third-order valence-corrected chi connectivity index (χ3v) is 6.59. The minimum Gasteiger partial charge on any atom is -0.373 e. The van der Waals surface area contributed by atoms with E-state index in [1.807, 2.05) is 58.0 Å². The molecule has 3 N–H and O–H groups in total. The number of hydrogen-bond donors (Lipinski definition) is 3. The number of anilines is 1. The molecule has 8 heteroatoms. The van der Waals surface area contributed by atoms with E-state index in [0.717, 1.165) is 22.5 Å². The van der Waals surface area contributed by atoms with E-state index in [-0.39, 0.29) is 35.5 Å². The van der Waals surface area contributed by atoms with Gasteiger partial charge >= 0.3 is 0 Å². The molecular formula is C27H34ClN5O2. The van der Waals surface area contributed by atoms with E-state index in [9.17, 15) is 4.79 Å². The van der Waals surface area contributed by atoms with E-state index in [1.54, 1.807) is 6.20 Å². The molecule has 1 aliphatic heterocycles. The fourth-order valence-electron chi connectivity index (χ4n) is 4.70. The number of carbonyl (C=O) groups is 1. The van der Waals surface area contributed by atoms with Crippen molar-refractivity contribution in [3.8, 4) is 11.3 Å². The molecule has 1 aromatic carbocycles. The number of ether oxygens (including phenoxy) is 1. The second kappa shape index (κ2) is 9.99. The molecule has 3 heterocycles. The lowest BCUT2D eigenvalue weighted by atomic mass is 9.88. The van der Waals surface area contributed by atoms with Gasteiger partial charge in [0.1, 0.15) is 0 Å². The Bertz CT molecular complexity index is 1190. The van der Waals surface area contributed by atoms with Gasteiger partial charge in [-0.15, -0.1) is 0 Å². The predicted molar refractivity (Wildman–Crippen MR) is 140 cm³/mol. The summed E-state index contributed by atoms with van der Waals surface area (Å²) in [6.45, 7) is 12.8. The van der Waals surface area contributed by atoms with E-state index in [1.165, 1.54) is 0 Å². The zero-order valence-corrected chi connectivity index (χ0v) is 21.9.